The summed E-state index contributed by atoms with van der Waals surface area (Å²) in [4.78, 5) is 28.7. The van der Waals surface area contributed by atoms with Crippen molar-refractivity contribution in [1.29, 1.82) is 0 Å². The number of ketones is 1. The third-order valence-electron chi connectivity index (χ3n) is 5.67. The molecule has 1 saturated heterocycles. The van der Waals surface area contributed by atoms with Crippen molar-refractivity contribution < 1.29 is 19.4 Å². The van der Waals surface area contributed by atoms with E-state index in [0.717, 1.165) is 21.6 Å². The molecule has 1 aromatic heterocycles. The minimum Gasteiger partial charge on any atom is -0.507 e. The highest BCUT2D eigenvalue weighted by atomic mass is 35.5. The second-order valence-corrected chi connectivity index (χ2v) is 9.17. The zero-order valence-corrected chi connectivity index (χ0v) is 19.7. The molecule has 0 aliphatic carbocycles. The molecule has 0 bridgehead atoms. The maximum Gasteiger partial charge on any atom is 0.300 e. The van der Waals surface area contributed by atoms with Gasteiger partial charge in [0.1, 0.15) is 17.6 Å². The molecule has 0 saturated carbocycles. The van der Waals surface area contributed by atoms with E-state index in [-0.39, 0.29) is 11.3 Å². The van der Waals surface area contributed by atoms with Gasteiger partial charge in [0.05, 0.1) is 12.7 Å². The van der Waals surface area contributed by atoms with Crippen molar-refractivity contribution in [2.45, 2.75) is 26.8 Å². The first kappa shape index (κ1) is 22.1. The first-order valence-electron chi connectivity index (χ1n) is 10.0. The van der Waals surface area contributed by atoms with E-state index < -0.39 is 17.7 Å². The Morgan fingerprint density at radius 3 is 2.44 bits per heavy atom. The molecule has 1 fully saturated rings. The van der Waals surface area contributed by atoms with Crippen LogP contribution in [0.2, 0.25) is 5.02 Å². The number of benzene rings is 2. The van der Waals surface area contributed by atoms with E-state index in [0.29, 0.717) is 22.0 Å². The monoisotopic (exact) mass is 467 g/mol. The minimum atomic E-state index is -0.739. The summed E-state index contributed by atoms with van der Waals surface area (Å²) in [6.45, 7) is 5.53. The third-order valence-corrected chi connectivity index (χ3v) is 6.83. The first-order chi connectivity index (χ1) is 15.2. The number of ether oxygens (including phenoxy) is 1. The van der Waals surface area contributed by atoms with Crippen LogP contribution >= 0.6 is 22.9 Å². The molecule has 4 rings (SSSR count). The molecule has 0 radical (unpaired) electrons. The van der Waals surface area contributed by atoms with E-state index in [4.69, 9.17) is 16.3 Å². The number of hydrogen-bond acceptors (Lipinski definition) is 5. The summed E-state index contributed by atoms with van der Waals surface area (Å²) in [7, 11) is 1.58. The predicted molar refractivity (Wildman–Crippen MR) is 128 cm³/mol. The van der Waals surface area contributed by atoms with Crippen LogP contribution in [-0.2, 0) is 9.59 Å². The van der Waals surface area contributed by atoms with Crippen LogP contribution in [0.5, 0.6) is 5.75 Å². The topological polar surface area (TPSA) is 66.8 Å². The van der Waals surface area contributed by atoms with E-state index in [9.17, 15) is 14.7 Å². The fraction of sp³-hybridized carbons (Fsp3) is 0.200. The highest BCUT2D eigenvalue weighted by Crippen LogP contribution is 2.45. The molecule has 1 aliphatic heterocycles. The molecule has 1 unspecified atom stereocenters. The Balaban J connectivity index is 1.96. The molecule has 1 aliphatic rings. The van der Waals surface area contributed by atoms with Crippen LogP contribution in [0, 0.1) is 20.8 Å². The highest BCUT2D eigenvalue weighted by Gasteiger charge is 2.47. The second-order valence-electron chi connectivity index (χ2n) is 7.75. The van der Waals surface area contributed by atoms with Gasteiger partial charge in [-0.25, -0.2) is 0 Å². The molecule has 0 spiro atoms. The largest absolute Gasteiger partial charge is 0.507 e. The van der Waals surface area contributed by atoms with Gasteiger partial charge in [-0.1, -0.05) is 17.7 Å². The summed E-state index contributed by atoms with van der Waals surface area (Å²) in [5.74, 6) is -0.911. The molecule has 1 atom stereocenters. The number of halogens is 1. The number of carbonyl (C=O) groups is 2. The van der Waals surface area contributed by atoms with Crippen molar-refractivity contribution in [3.8, 4) is 5.75 Å². The number of rotatable bonds is 4. The van der Waals surface area contributed by atoms with Crippen molar-refractivity contribution in [3.05, 3.63) is 85.6 Å². The molecule has 164 valence electrons. The van der Waals surface area contributed by atoms with Crippen LogP contribution in [0.1, 0.15) is 33.2 Å². The van der Waals surface area contributed by atoms with Gasteiger partial charge in [0.25, 0.3) is 11.7 Å². The van der Waals surface area contributed by atoms with E-state index in [1.54, 1.807) is 31.4 Å². The Hall–Kier alpha value is -3.09. The molecule has 1 N–H and O–H groups in total. The van der Waals surface area contributed by atoms with Gasteiger partial charge >= 0.3 is 0 Å². The lowest BCUT2D eigenvalue weighted by Crippen LogP contribution is -2.29. The van der Waals surface area contributed by atoms with Gasteiger partial charge in [-0.2, -0.15) is 0 Å². The summed E-state index contributed by atoms with van der Waals surface area (Å²) in [6, 6.07) is 11.7. The van der Waals surface area contributed by atoms with Crippen molar-refractivity contribution >= 4 is 46.1 Å². The number of anilines is 1. The highest BCUT2D eigenvalue weighted by molar-refractivity contribution is 7.10. The van der Waals surface area contributed by atoms with E-state index in [2.05, 4.69) is 0 Å². The number of nitrogens with zero attached hydrogens (tertiary/aromatic N) is 1. The van der Waals surface area contributed by atoms with E-state index in [1.807, 2.05) is 44.4 Å². The van der Waals surface area contributed by atoms with Crippen LogP contribution in [0.15, 0.2) is 53.4 Å². The van der Waals surface area contributed by atoms with Crippen molar-refractivity contribution in [2.24, 2.45) is 0 Å². The zero-order chi connectivity index (χ0) is 23.2. The van der Waals surface area contributed by atoms with Crippen molar-refractivity contribution in [3.63, 3.8) is 0 Å². The lowest BCUT2D eigenvalue weighted by molar-refractivity contribution is -0.132. The van der Waals surface area contributed by atoms with Crippen LogP contribution in [0.4, 0.5) is 5.69 Å². The van der Waals surface area contributed by atoms with E-state index >= 15 is 0 Å². The number of hydrogen-bond donors (Lipinski definition) is 1. The van der Waals surface area contributed by atoms with Crippen LogP contribution < -0.4 is 9.64 Å². The number of thiophene rings is 1. The Bertz CT molecular complexity index is 1260. The number of methoxy groups -OCH3 is 1. The van der Waals surface area contributed by atoms with Crippen molar-refractivity contribution in [2.75, 3.05) is 12.0 Å². The predicted octanol–water partition coefficient (Wildman–Crippen LogP) is 5.96. The summed E-state index contributed by atoms with van der Waals surface area (Å²) < 4.78 is 5.37. The normalized spacial score (nSPS) is 17.8. The van der Waals surface area contributed by atoms with Gasteiger partial charge < -0.3 is 9.84 Å². The quantitative estimate of drug-likeness (QED) is 0.292. The molecule has 7 heteroatoms. The molecular formula is C25H22ClNO4S. The Kier molecular flexibility index (Phi) is 5.84. The molecule has 5 nitrogen and oxygen atoms in total. The molecular weight excluding hydrogens is 446 g/mol. The average molecular weight is 468 g/mol. The SMILES string of the molecule is COc1cc(C)c(/C(O)=C2/C(=O)C(=O)N(c3ccc(Cl)cc3C)C2c2cccs2)cc1C. The molecule has 1 amide bonds. The van der Waals surface area contributed by atoms with Gasteiger partial charge in [0.2, 0.25) is 0 Å². The first-order valence-corrected chi connectivity index (χ1v) is 11.3. The number of aliphatic hydroxyl groups is 1. The Morgan fingerprint density at radius 1 is 1.06 bits per heavy atom. The number of amides is 1. The van der Waals surface area contributed by atoms with Gasteiger partial charge in [0.15, 0.2) is 0 Å². The lowest BCUT2D eigenvalue weighted by atomic mass is 9.95. The summed E-state index contributed by atoms with van der Waals surface area (Å²) >= 11 is 7.54. The van der Waals surface area contributed by atoms with Gasteiger partial charge in [0, 0.05) is 21.2 Å². The van der Waals surface area contributed by atoms with Gasteiger partial charge in [-0.15, -0.1) is 11.3 Å². The maximum absolute atomic E-state index is 13.3. The average Bonchev–Trinajstić information content (AvgIpc) is 3.37. The Morgan fingerprint density at radius 2 is 1.81 bits per heavy atom. The van der Waals surface area contributed by atoms with Gasteiger partial charge in [-0.05, 0) is 79.2 Å². The fourth-order valence-electron chi connectivity index (χ4n) is 4.10. The standard InChI is InChI=1S/C25H22ClNO4S/c1-13-12-19(31-4)15(3)11-17(13)23(28)21-22(20-6-5-9-32-20)27(25(30)24(21)29)18-8-7-16(26)10-14(18)2/h5-12,22,28H,1-4H3/b23-21-. The van der Waals surface area contributed by atoms with Crippen LogP contribution in [-0.4, -0.2) is 23.9 Å². The molecule has 2 heterocycles. The number of Topliss-reactive ketones (excluding diaryl/α,β-unsaturated/α-hetero) is 1. The number of carbonyl (C=O) groups excluding carboxylic acids is 2. The fourth-order valence-corrected chi connectivity index (χ4v) is 5.15. The van der Waals surface area contributed by atoms with Crippen molar-refractivity contribution in [1.82, 2.24) is 0 Å². The second kappa shape index (κ2) is 8.45. The molecule has 32 heavy (non-hydrogen) atoms. The van der Waals surface area contributed by atoms with Crippen LogP contribution in [0.25, 0.3) is 5.76 Å². The number of aliphatic hydroxyl groups excluding tert-OH is 1. The maximum atomic E-state index is 13.3. The smallest absolute Gasteiger partial charge is 0.300 e. The molecule has 2 aromatic carbocycles. The summed E-state index contributed by atoms with van der Waals surface area (Å²) in [6.07, 6.45) is 0. The molecule has 3 aromatic rings. The minimum absolute atomic E-state index is 0.0690. The Labute approximate surface area is 195 Å². The third kappa shape index (κ3) is 3.59. The number of aryl methyl sites for hydroxylation is 3. The zero-order valence-electron chi connectivity index (χ0n) is 18.1. The van der Waals surface area contributed by atoms with E-state index in [1.165, 1.54) is 16.2 Å². The lowest BCUT2D eigenvalue weighted by Gasteiger charge is -2.26. The van der Waals surface area contributed by atoms with Gasteiger partial charge in [-0.3, -0.25) is 14.5 Å². The van der Waals surface area contributed by atoms with Crippen LogP contribution in [0.3, 0.4) is 0 Å². The summed E-state index contributed by atoms with van der Waals surface area (Å²) in [5.41, 5.74) is 3.46. The summed E-state index contributed by atoms with van der Waals surface area (Å²) in [5, 5.41) is 13.8.